The van der Waals surface area contributed by atoms with Crippen molar-refractivity contribution in [2.45, 2.75) is 19.3 Å². The van der Waals surface area contributed by atoms with Gasteiger partial charge in [0.15, 0.2) is 0 Å². The number of hydrogen-bond donors (Lipinski definition) is 3. The smallest absolute Gasteiger partial charge is 0.227 e. The molecule has 0 aliphatic heterocycles. The molecule has 7 heteroatoms. The Balaban J connectivity index is 1.46. The van der Waals surface area contributed by atoms with E-state index in [4.69, 9.17) is 5.73 Å². The number of nitrogens with two attached hydrogens (primary N) is 1. The number of hydrogen-bond acceptors (Lipinski definition) is 6. The van der Waals surface area contributed by atoms with Crippen LogP contribution in [0.5, 0.6) is 0 Å². The molecular weight excluding hydrogens is 338 g/mol. The second-order valence-corrected chi connectivity index (χ2v) is 6.91. The molecule has 0 spiro atoms. The van der Waals surface area contributed by atoms with Crippen LogP contribution in [0.2, 0.25) is 0 Å². The van der Waals surface area contributed by atoms with Crippen LogP contribution in [-0.2, 0) is 6.42 Å². The van der Waals surface area contributed by atoms with E-state index < -0.39 is 0 Å². The van der Waals surface area contributed by atoms with Crippen molar-refractivity contribution >= 4 is 28.5 Å². The zero-order valence-electron chi connectivity index (χ0n) is 14.7. The molecule has 0 atom stereocenters. The molecule has 3 heterocycles. The summed E-state index contributed by atoms with van der Waals surface area (Å²) in [7, 11) is 0. The Hall–Kier alpha value is -3.48. The van der Waals surface area contributed by atoms with Crippen molar-refractivity contribution in [2.75, 3.05) is 11.1 Å². The summed E-state index contributed by atoms with van der Waals surface area (Å²) in [5.74, 6) is 1.55. The molecule has 4 aromatic rings. The summed E-state index contributed by atoms with van der Waals surface area (Å²) in [6, 6.07) is 10.0. The zero-order valence-corrected chi connectivity index (χ0v) is 14.7. The second kappa shape index (κ2) is 6.35. The Morgan fingerprint density at radius 1 is 1.11 bits per heavy atom. The lowest BCUT2D eigenvalue weighted by Gasteiger charge is -2.10. The summed E-state index contributed by atoms with van der Waals surface area (Å²) in [6.07, 6.45) is 8.85. The maximum atomic E-state index is 5.80. The summed E-state index contributed by atoms with van der Waals surface area (Å²) >= 11 is 0. The van der Waals surface area contributed by atoms with E-state index in [0.29, 0.717) is 17.8 Å². The SMILES string of the molecule is Nc1ncc(-c2ccnc(Nc3ccc4[nH]ccc4c3)n2)c(CC2CC2)n1. The molecule has 1 aliphatic carbocycles. The van der Waals surface area contributed by atoms with Gasteiger partial charge in [-0.25, -0.2) is 19.9 Å². The fraction of sp³-hybridized carbons (Fsp3) is 0.200. The molecular formula is C20H19N7. The third-order valence-corrected chi connectivity index (χ3v) is 4.81. The Morgan fingerprint density at radius 2 is 2.04 bits per heavy atom. The first kappa shape index (κ1) is 15.7. The molecule has 5 rings (SSSR count). The number of aromatic nitrogens is 5. The van der Waals surface area contributed by atoms with Crippen LogP contribution in [0.15, 0.2) is 48.9 Å². The number of rotatable bonds is 5. The van der Waals surface area contributed by atoms with Crippen LogP contribution in [0.25, 0.3) is 22.2 Å². The van der Waals surface area contributed by atoms with Crippen molar-refractivity contribution in [3.05, 3.63) is 54.6 Å². The number of fused-ring (bicyclic) bond motifs is 1. The first-order valence-corrected chi connectivity index (χ1v) is 9.03. The third-order valence-electron chi connectivity index (χ3n) is 4.81. The number of H-pyrrole nitrogens is 1. The van der Waals surface area contributed by atoms with Gasteiger partial charge in [0.1, 0.15) is 0 Å². The lowest BCUT2D eigenvalue weighted by atomic mass is 10.1. The number of nitrogens with one attached hydrogen (secondary N) is 2. The van der Waals surface area contributed by atoms with E-state index in [1.807, 2.05) is 30.5 Å². The van der Waals surface area contributed by atoms with E-state index in [2.05, 4.69) is 36.3 Å². The number of aromatic amines is 1. The molecule has 1 aliphatic rings. The Morgan fingerprint density at radius 3 is 2.93 bits per heavy atom. The maximum Gasteiger partial charge on any atom is 0.227 e. The number of nitrogen functional groups attached to an aromatic ring is 1. The van der Waals surface area contributed by atoms with E-state index in [1.54, 1.807) is 12.4 Å². The second-order valence-electron chi connectivity index (χ2n) is 6.91. The highest BCUT2D eigenvalue weighted by molar-refractivity contribution is 5.83. The average molecular weight is 357 g/mol. The molecule has 1 saturated carbocycles. The van der Waals surface area contributed by atoms with Gasteiger partial charge in [0.05, 0.1) is 11.4 Å². The molecule has 1 fully saturated rings. The predicted molar refractivity (Wildman–Crippen MR) is 105 cm³/mol. The summed E-state index contributed by atoms with van der Waals surface area (Å²) in [5.41, 5.74) is 10.5. The van der Waals surface area contributed by atoms with Crippen LogP contribution in [0, 0.1) is 5.92 Å². The molecule has 0 bridgehead atoms. The molecule has 0 radical (unpaired) electrons. The van der Waals surface area contributed by atoms with Gasteiger partial charge in [-0.3, -0.25) is 0 Å². The van der Waals surface area contributed by atoms with Crippen molar-refractivity contribution < 1.29 is 0 Å². The van der Waals surface area contributed by atoms with E-state index in [1.165, 1.54) is 12.8 Å². The molecule has 1 aromatic carbocycles. The topological polar surface area (TPSA) is 105 Å². The van der Waals surface area contributed by atoms with Crippen molar-refractivity contribution in [1.29, 1.82) is 0 Å². The summed E-state index contributed by atoms with van der Waals surface area (Å²) in [6.45, 7) is 0. The minimum atomic E-state index is 0.307. The number of nitrogens with zero attached hydrogens (tertiary/aromatic N) is 4. The summed E-state index contributed by atoms with van der Waals surface area (Å²) < 4.78 is 0. The van der Waals surface area contributed by atoms with Gasteiger partial charge in [-0.1, -0.05) is 0 Å². The quantitative estimate of drug-likeness (QED) is 0.503. The van der Waals surface area contributed by atoms with E-state index >= 15 is 0 Å². The van der Waals surface area contributed by atoms with Gasteiger partial charge in [-0.15, -0.1) is 0 Å². The van der Waals surface area contributed by atoms with Gasteiger partial charge in [0.2, 0.25) is 11.9 Å². The Kier molecular flexibility index (Phi) is 3.71. The standard InChI is InChI=1S/C20H19N7/c21-19-24-11-15(18(26-19)9-12-1-2-12)17-6-8-23-20(27-17)25-14-3-4-16-13(10-14)5-7-22-16/h3-8,10-12,22H,1-2,9H2,(H2,21,24,26)(H,23,25,27). The molecule has 3 aromatic heterocycles. The highest BCUT2D eigenvalue weighted by atomic mass is 15.1. The van der Waals surface area contributed by atoms with E-state index in [9.17, 15) is 0 Å². The molecule has 7 nitrogen and oxygen atoms in total. The lowest BCUT2D eigenvalue weighted by molar-refractivity contribution is 0.802. The first-order valence-electron chi connectivity index (χ1n) is 9.03. The summed E-state index contributed by atoms with van der Waals surface area (Å²) in [5, 5.41) is 4.41. The van der Waals surface area contributed by atoms with Crippen molar-refractivity contribution in [3.63, 3.8) is 0 Å². The molecule has 0 unspecified atom stereocenters. The van der Waals surface area contributed by atoms with Crippen LogP contribution < -0.4 is 11.1 Å². The van der Waals surface area contributed by atoms with Crippen LogP contribution >= 0.6 is 0 Å². The predicted octanol–water partition coefficient (Wildman–Crippen LogP) is 3.69. The van der Waals surface area contributed by atoms with Crippen LogP contribution in [0.1, 0.15) is 18.5 Å². The fourth-order valence-electron chi connectivity index (χ4n) is 3.23. The number of anilines is 3. The molecule has 27 heavy (non-hydrogen) atoms. The number of benzene rings is 1. The van der Waals surface area contributed by atoms with Gasteiger partial charge < -0.3 is 16.0 Å². The fourth-order valence-corrected chi connectivity index (χ4v) is 3.23. The van der Waals surface area contributed by atoms with Crippen LogP contribution in [-0.4, -0.2) is 24.9 Å². The summed E-state index contributed by atoms with van der Waals surface area (Å²) in [4.78, 5) is 20.8. The van der Waals surface area contributed by atoms with E-state index in [0.717, 1.165) is 40.0 Å². The van der Waals surface area contributed by atoms with Crippen molar-refractivity contribution in [3.8, 4) is 11.3 Å². The van der Waals surface area contributed by atoms with Gasteiger partial charge in [-0.2, -0.15) is 0 Å². The maximum absolute atomic E-state index is 5.80. The highest BCUT2D eigenvalue weighted by Crippen LogP contribution is 2.35. The van der Waals surface area contributed by atoms with Gasteiger partial charge in [0.25, 0.3) is 0 Å². The Bertz CT molecular complexity index is 1110. The largest absolute Gasteiger partial charge is 0.368 e. The minimum absolute atomic E-state index is 0.307. The van der Waals surface area contributed by atoms with Crippen molar-refractivity contribution in [2.24, 2.45) is 5.92 Å². The average Bonchev–Trinajstić information content (AvgIpc) is 3.36. The normalized spacial score (nSPS) is 13.8. The van der Waals surface area contributed by atoms with Crippen molar-refractivity contribution in [1.82, 2.24) is 24.9 Å². The zero-order chi connectivity index (χ0) is 18.2. The first-order chi connectivity index (χ1) is 13.2. The molecule has 0 amide bonds. The molecule has 134 valence electrons. The Labute approximate surface area is 156 Å². The highest BCUT2D eigenvalue weighted by Gasteiger charge is 2.24. The third kappa shape index (κ3) is 3.31. The molecule has 4 N–H and O–H groups in total. The monoisotopic (exact) mass is 357 g/mol. The van der Waals surface area contributed by atoms with Crippen LogP contribution in [0.3, 0.4) is 0 Å². The van der Waals surface area contributed by atoms with E-state index in [-0.39, 0.29) is 0 Å². The van der Waals surface area contributed by atoms with Gasteiger partial charge in [0, 0.05) is 40.7 Å². The van der Waals surface area contributed by atoms with Gasteiger partial charge >= 0.3 is 0 Å². The molecule has 0 saturated heterocycles. The van der Waals surface area contributed by atoms with Gasteiger partial charge in [-0.05, 0) is 55.5 Å². The minimum Gasteiger partial charge on any atom is -0.368 e. The lowest BCUT2D eigenvalue weighted by Crippen LogP contribution is -2.04. The van der Waals surface area contributed by atoms with Crippen LogP contribution in [0.4, 0.5) is 17.6 Å².